The summed E-state index contributed by atoms with van der Waals surface area (Å²) in [4.78, 5) is 27.6. The largest absolute Gasteiger partial charge is 0.350 e. The van der Waals surface area contributed by atoms with Gasteiger partial charge >= 0.3 is 0 Å². The lowest BCUT2D eigenvalue weighted by Gasteiger charge is -2.31. The van der Waals surface area contributed by atoms with E-state index >= 15 is 0 Å². The predicted octanol–water partition coefficient (Wildman–Crippen LogP) is 3.47. The maximum absolute atomic E-state index is 12.8. The average molecular weight is 390 g/mol. The summed E-state index contributed by atoms with van der Waals surface area (Å²) in [7, 11) is 1.68. The predicted molar refractivity (Wildman–Crippen MR) is 111 cm³/mol. The Hall–Kier alpha value is -2.11. The lowest BCUT2D eigenvalue weighted by atomic mass is 10.0. The number of hydrogen-bond acceptors (Lipinski definition) is 3. The third-order valence-corrected chi connectivity index (χ3v) is 5.41. The highest BCUT2D eigenvalue weighted by Crippen LogP contribution is 2.27. The van der Waals surface area contributed by atoms with Crippen LogP contribution in [0.2, 0.25) is 5.02 Å². The van der Waals surface area contributed by atoms with Crippen LogP contribution in [0.1, 0.15) is 47.1 Å². The van der Waals surface area contributed by atoms with Gasteiger partial charge in [-0.1, -0.05) is 43.6 Å². The van der Waals surface area contributed by atoms with Crippen molar-refractivity contribution >= 4 is 17.5 Å². The number of benzene rings is 1. The van der Waals surface area contributed by atoms with Gasteiger partial charge in [-0.25, -0.2) is 0 Å². The van der Waals surface area contributed by atoms with Gasteiger partial charge in [-0.2, -0.15) is 0 Å². The van der Waals surface area contributed by atoms with Crippen molar-refractivity contribution in [1.29, 1.82) is 0 Å². The number of carbonyl (C=O) groups is 1. The molecule has 1 amide bonds. The average Bonchev–Trinajstić information content (AvgIpc) is 2.64. The van der Waals surface area contributed by atoms with Crippen LogP contribution in [0.3, 0.4) is 0 Å². The first-order valence-corrected chi connectivity index (χ1v) is 9.63. The Balaban J connectivity index is 2.30. The molecule has 0 aliphatic heterocycles. The smallest absolute Gasteiger partial charge is 0.263 e. The summed E-state index contributed by atoms with van der Waals surface area (Å²) in [6.45, 7) is 9.83. The second-order valence-electron chi connectivity index (χ2n) is 6.68. The molecular weight excluding hydrogens is 362 g/mol. The molecule has 27 heavy (non-hydrogen) atoms. The van der Waals surface area contributed by atoms with E-state index in [4.69, 9.17) is 11.6 Å². The fourth-order valence-electron chi connectivity index (χ4n) is 3.38. The minimum absolute atomic E-state index is 0.0627. The summed E-state index contributed by atoms with van der Waals surface area (Å²) in [5.41, 5.74) is 2.40. The van der Waals surface area contributed by atoms with Crippen molar-refractivity contribution in [2.45, 2.75) is 33.7 Å². The van der Waals surface area contributed by atoms with E-state index in [1.807, 2.05) is 37.3 Å². The van der Waals surface area contributed by atoms with E-state index in [0.717, 1.165) is 24.3 Å². The molecule has 0 spiro atoms. The van der Waals surface area contributed by atoms with Gasteiger partial charge in [0.15, 0.2) is 0 Å². The van der Waals surface area contributed by atoms with Crippen molar-refractivity contribution in [3.05, 3.63) is 68.1 Å². The molecule has 0 fully saturated rings. The molecule has 5 nitrogen and oxygen atoms in total. The van der Waals surface area contributed by atoms with Crippen molar-refractivity contribution in [3.8, 4) is 0 Å². The number of nitrogens with one attached hydrogen (secondary N) is 1. The van der Waals surface area contributed by atoms with E-state index in [2.05, 4.69) is 24.1 Å². The molecule has 0 aliphatic rings. The van der Waals surface area contributed by atoms with Crippen LogP contribution in [-0.4, -0.2) is 35.0 Å². The Labute approximate surface area is 166 Å². The number of hydrogen-bond donors (Lipinski definition) is 1. The molecule has 6 heteroatoms. The van der Waals surface area contributed by atoms with Crippen molar-refractivity contribution < 1.29 is 4.79 Å². The van der Waals surface area contributed by atoms with Crippen LogP contribution in [0.4, 0.5) is 0 Å². The van der Waals surface area contributed by atoms with Gasteiger partial charge in [-0.3, -0.25) is 14.5 Å². The number of likely N-dealkylation sites (N-methyl/N-ethyl adjacent to an activating group) is 1. The van der Waals surface area contributed by atoms with E-state index in [1.165, 1.54) is 4.57 Å². The van der Waals surface area contributed by atoms with E-state index in [0.29, 0.717) is 17.1 Å². The molecule has 2 rings (SSSR count). The number of rotatable bonds is 7. The molecular formula is C21H28ClN3O2. The number of carbonyl (C=O) groups excluding carboxylic acids is 1. The van der Waals surface area contributed by atoms with Crippen LogP contribution >= 0.6 is 11.6 Å². The SMILES string of the molecule is CCN(CC)[C@H](CNC(=O)c1c(C)cc(C)n(C)c1=O)c1ccccc1Cl. The molecule has 1 aromatic carbocycles. The topological polar surface area (TPSA) is 54.3 Å². The Morgan fingerprint density at radius 1 is 1.22 bits per heavy atom. The first-order valence-electron chi connectivity index (χ1n) is 9.25. The molecule has 0 aliphatic carbocycles. The van der Waals surface area contributed by atoms with E-state index in [-0.39, 0.29) is 23.1 Å². The zero-order valence-corrected chi connectivity index (χ0v) is 17.4. The molecule has 1 heterocycles. The Kier molecular flexibility index (Phi) is 7.22. The molecule has 0 radical (unpaired) electrons. The highest BCUT2D eigenvalue weighted by molar-refractivity contribution is 6.31. The molecule has 2 aromatic rings. The van der Waals surface area contributed by atoms with Gasteiger partial charge in [0.25, 0.3) is 11.5 Å². The fourth-order valence-corrected chi connectivity index (χ4v) is 3.64. The van der Waals surface area contributed by atoms with E-state index in [1.54, 1.807) is 14.0 Å². The summed E-state index contributed by atoms with van der Waals surface area (Å²) in [6.07, 6.45) is 0. The van der Waals surface area contributed by atoms with Gasteiger partial charge in [-0.05, 0) is 50.2 Å². The van der Waals surface area contributed by atoms with Crippen LogP contribution in [0.5, 0.6) is 0 Å². The highest BCUT2D eigenvalue weighted by Gasteiger charge is 2.23. The van der Waals surface area contributed by atoms with Crippen LogP contribution in [0, 0.1) is 13.8 Å². The molecule has 1 aromatic heterocycles. The second-order valence-corrected chi connectivity index (χ2v) is 7.08. The van der Waals surface area contributed by atoms with E-state index in [9.17, 15) is 9.59 Å². The summed E-state index contributed by atoms with van der Waals surface area (Å²) in [6, 6.07) is 9.46. The number of nitrogens with zero attached hydrogens (tertiary/aromatic N) is 2. The molecule has 0 bridgehead atoms. The minimum Gasteiger partial charge on any atom is -0.350 e. The number of aryl methyl sites for hydroxylation is 2. The monoisotopic (exact) mass is 389 g/mol. The zero-order valence-electron chi connectivity index (χ0n) is 16.7. The molecule has 0 saturated heterocycles. The molecule has 1 N–H and O–H groups in total. The normalized spacial score (nSPS) is 12.3. The molecule has 1 atom stereocenters. The summed E-state index contributed by atoms with van der Waals surface area (Å²) < 4.78 is 1.50. The van der Waals surface area contributed by atoms with Crippen LogP contribution in [0.25, 0.3) is 0 Å². The van der Waals surface area contributed by atoms with Crippen LogP contribution in [0.15, 0.2) is 35.1 Å². The summed E-state index contributed by atoms with van der Waals surface area (Å²) >= 11 is 6.41. The van der Waals surface area contributed by atoms with Gasteiger partial charge in [0, 0.05) is 24.3 Å². The number of amides is 1. The van der Waals surface area contributed by atoms with Crippen molar-refractivity contribution in [2.75, 3.05) is 19.6 Å². The number of aromatic nitrogens is 1. The third-order valence-electron chi connectivity index (χ3n) is 5.07. The first-order chi connectivity index (χ1) is 12.8. The first kappa shape index (κ1) is 21.2. The Morgan fingerprint density at radius 3 is 2.44 bits per heavy atom. The Morgan fingerprint density at radius 2 is 1.85 bits per heavy atom. The van der Waals surface area contributed by atoms with Crippen molar-refractivity contribution in [1.82, 2.24) is 14.8 Å². The van der Waals surface area contributed by atoms with Gasteiger partial charge in [0.05, 0.1) is 6.04 Å². The van der Waals surface area contributed by atoms with Crippen molar-refractivity contribution in [3.63, 3.8) is 0 Å². The second kappa shape index (κ2) is 9.20. The van der Waals surface area contributed by atoms with Crippen LogP contribution < -0.4 is 10.9 Å². The highest BCUT2D eigenvalue weighted by atomic mass is 35.5. The van der Waals surface area contributed by atoms with Gasteiger partial charge in [0.2, 0.25) is 0 Å². The zero-order chi connectivity index (χ0) is 20.1. The minimum atomic E-state index is -0.350. The Bertz CT molecular complexity index is 872. The van der Waals surface area contributed by atoms with Gasteiger partial charge < -0.3 is 9.88 Å². The number of halogens is 1. The quantitative estimate of drug-likeness (QED) is 0.788. The fraction of sp³-hybridized carbons (Fsp3) is 0.429. The standard InChI is InChI=1S/C21H28ClN3O2/c1-6-25(7-2)18(16-10-8-9-11-17(16)22)13-23-20(26)19-14(3)12-15(4)24(5)21(19)27/h8-12,18H,6-7,13H2,1-5H3,(H,23,26)/t18-/m1/s1. The maximum Gasteiger partial charge on any atom is 0.263 e. The summed E-state index contributed by atoms with van der Waals surface area (Å²) in [5, 5.41) is 3.62. The number of pyridine rings is 1. The summed E-state index contributed by atoms with van der Waals surface area (Å²) in [5.74, 6) is -0.350. The lowest BCUT2D eigenvalue weighted by Crippen LogP contribution is -2.40. The molecule has 146 valence electrons. The van der Waals surface area contributed by atoms with Crippen molar-refractivity contribution in [2.24, 2.45) is 7.05 Å². The van der Waals surface area contributed by atoms with Gasteiger partial charge in [0.1, 0.15) is 5.56 Å². The van der Waals surface area contributed by atoms with Crippen LogP contribution in [-0.2, 0) is 7.05 Å². The molecule has 0 unspecified atom stereocenters. The van der Waals surface area contributed by atoms with Gasteiger partial charge in [-0.15, -0.1) is 0 Å². The third kappa shape index (κ3) is 4.60. The maximum atomic E-state index is 12.8. The van der Waals surface area contributed by atoms with E-state index < -0.39 is 0 Å². The molecule has 0 saturated carbocycles. The lowest BCUT2D eigenvalue weighted by molar-refractivity contribution is 0.0932.